The number of aryl methyl sites for hydroxylation is 4. The number of aromatic nitrogens is 2. The number of anilines is 2. The van der Waals surface area contributed by atoms with Gasteiger partial charge in [-0.2, -0.15) is 0 Å². The van der Waals surface area contributed by atoms with Gasteiger partial charge in [0.25, 0.3) is 0 Å². The van der Waals surface area contributed by atoms with Gasteiger partial charge in [0, 0.05) is 34.6 Å². The first-order valence-corrected chi connectivity index (χ1v) is 15.6. The third-order valence-corrected chi connectivity index (χ3v) is 8.96. The minimum absolute atomic E-state index is 0. The highest BCUT2D eigenvalue weighted by Crippen LogP contribution is 2.34. The van der Waals surface area contributed by atoms with E-state index >= 15 is 0 Å². The Morgan fingerprint density at radius 1 is 0.465 bits per heavy atom. The molecule has 222 valence electrons. The molecule has 2 heterocycles. The molecule has 0 unspecified atom stereocenters. The molecule has 5 heteroatoms. The van der Waals surface area contributed by atoms with Crippen molar-refractivity contribution in [2.75, 3.05) is 23.7 Å². The van der Waals surface area contributed by atoms with Crippen molar-refractivity contribution in [3.8, 4) is 0 Å². The number of nitrogens with zero attached hydrogens (tertiary/aromatic N) is 2. The topological polar surface area (TPSA) is 49.8 Å². The Labute approximate surface area is 261 Å². The van der Waals surface area contributed by atoms with Crippen LogP contribution in [0.5, 0.6) is 0 Å². The van der Waals surface area contributed by atoms with Crippen LogP contribution in [0.2, 0.25) is 0 Å². The van der Waals surface area contributed by atoms with Crippen molar-refractivity contribution in [2.24, 2.45) is 0 Å². The van der Waals surface area contributed by atoms with E-state index in [9.17, 15) is 0 Å². The van der Waals surface area contributed by atoms with Crippen LogP contribution in [0.25, 0.3) is 43.6 Å². The summed E-state index contributed by atoms with van der Waals surface area (Å²) >= 11 is 0. The minimum Gasteiger partial charge on any atom is -0.384 e. The summed E-state index contributed by atoms with van der Waals surface area (Å²) in [6.07, 6.45) is 7.40. The number of nitrogens with one attached hydrogen (secondary N) is 2. The van der Waals surface area contributed by atoms with E-state index in [0.717, 1.165) is 35.2 Å². The van der Waals surface area contributed by atoms with Gasteiger partial charge in [-0.05, 0) is 74.9 Å². The third kappa shape index (κ3) is 6.26. The first-order chi connectivity index (χ1) is 20.5. The maximum absolute atomic E-state index is 5.00. The summed E-state index contributed by atoms with van der Waals surface area (Å²) in [5.74, 6) is 0. The second-order valence-corrected chi connectivity index (χ2v) is 11.8. The van der Waals surface area contributed by atoms with E-state index in [0.29, 0.717) is 0 Å². The number of hydrogen-bond acceptors (Lipinski definition) is 4. The summed E-state index contributed by atoms with van der Waals surface area (Å²) in [5, 5.41) is 12.4. The van der Waals surface area contributed by atoms with E-state index < -0.39 is 0 Å². The van der Waals surface area contributed by atoms with Gasteiger partial charge < -0.3 is 10.6 Å². The molecule has 0 saturated heterocycles. The van der Waals surface area contributed by atoms with Crippen LogP contribution in [0.15, 0.2) is 72.8 Å². The second kappa shape index (κ2) is 13.6. The Morgan fingerprint density at radius 2 is 0.860 bits per heavy atom. The molecule has 43 heavy (non-hydrogen) atoms. The molecule has 0 radical (unpaired) electrons. The van der Waals surface area contributed by atoms with Gasteiger partial charge in [-0.25, -0.2) is 9.97 Å². The number of para-hydroxylation sites is 2. The molecule has 0 fully saturated rings. The number of hydrogen-bond donors (Lipinski definition) is 2. The van der Waals surface area contributed by atoms with Crippen molar-refractivity contribution in [3.05, 3.63) is 95.1 Å². The average molecular weight is 591 g/mol. The predicted molar refractivity (Wildman–Crippen MR) is 189 cm³/mol. The van der Waals surface area contributed by atoms with Gasteiger partial charge in [0.15, 0.2) is 0 Å². The summed E-state index contributed by atoms with van der Waals surface area (Å²) in [7, 11) is 0. The molecule has 4 aromatic carbocycles. The van der Waals surface area contributed by atoms with Crippen LogP contribution < -0.4 is 10.6 Å². The fourth-order valence-corrected chi connectivity index (χ4v) is 6.15. The smallest absolute Gasteiger partial charge is 0.0762 e. The van der Waals surface area contributed by atoms with E-state index in [4.69, 9.17) is 9.97 Å². The van der Waals surface area contributed by atoms with Crippen molar-refractivity contribution in [1.82, 2.24) is 9.97 Å². The van der Waals surface area contributed by atoms with Crippen molar-refractivity contribution >= 4 is 67.4 Å². The molecule has 6 aromatic rings. The van der Waals surface area contributed by atoms with Crippen LogP contribution in [0, 0.1) is 27.7 Å². The second-order valence-electron chi connectivity index (χ2n) is 11.8. The monoisotopic (exact) mass is 590 g/mol. The van der Waals surface area contributed by atoms with Crippen LogP contribution >= 0.6 is 12.4 Å². The molecular formula is C38H43ClN4. The normalized spacial score (nSPS) is 11.3. The zero-order chi connectivity index (χ0) is 29.1. The highest BCUT2D eigenvalue weighted by molar-refractivity contribution is 6.09. The quantitative estimate of drug-likeness (QED) is 0.116. The Balaban J connectivity index is 0.00000368. The highest BCUT2D eigenvalue weighted by Gasteiger charge is 2.13. The number of unbranched alkanes of at least 4 members (excludes halogenated alkanes) is 5. The van der Waals surface area contributed by atoms with Gasteiger partial charge in [0.05, 0.1) is 33.4 Å². The number of rotatable bonds is 11. The third-order valence-electron chi connectivity index (χ3n) is 8.96. The highest BCUT2D eigenvalue weighted by atomic mass is 35.5. The lowest BCUT2D eigenvalue weighted by atomic mass is 10.0. The van der Waals surface area contributed by atoms with Crippen molar-refractivity contribution in [2.45, 2.75) is 66.2 Å². The van der Waals surface area contributed by atoms with Crippen LogP contribution in [-0.2, 0) is 0 Å². The number of pyridine rings is 2. The van der Waals surface area contributed by atoms with E-state index in [2.05, 4.69) is 111 Å². The minimum atomic E-state index is 0. The number of benzene rings is 4. The molecule has 0 bridgehead atoms. The Bertz CT molecular complexity index is 1760. The molecule has 0 saturated carbocycles. The van der Waals surface area contributed by atoms with Gasteiger partial charge in [-0.1, -0.05) is 86.3 Å². The fraction of sp³-hybridized carbons (Fsp3) is 0.316. The first kappa shape index (κ1) is 30.6. The number of fused-ring (bicyclic) bond motifs is 4. The summed E-state index contributed by atoms with van der Waals surface area (Å²) < 4.78 is 0. The van der Waals surface area contributed by atoms with Crippen LogP contribution in [0.3, 0.4) is 0 Å². The van der Waals surface area contributed by atoms with Crippen LogP contribution in [0.4, 0.5) is 11.4 Å². The molecular weight excluding hydrogens is 548 g/mol. The van der Waals surface area contributed by atoms with Crippen molar-refractivity contribution in [1.29, 1.82) is 0 Å². The number of halogens is 1. The van der Waals surface area contributed by atoms with Crippen LogP contribution in [-0.4, -0.2) is 23.1 Å². The van der Waals surface area contributed by atoms with Gasteiger partial charge >= 0.3 is 0 Å². The zero-order valence-corrected chi connectivity index (χ0v) is 26.7. The summed E-state index contributed by atoms with van der Waals surface area (Å²) in [6, 6.07) is 25.9. The van der Waals surface area contributed by atoms with E-state index in [1.165, 1.54) is 93.7 Å². The molecule has 0 atom stereocenters. The lowest BCUT2D eigenvalue weighted by Crippen LogP contribution is -2.05. The van der Waals surface area contributed by atoms with Gasteiger partial charge in [-0.3, -0.25) is 0 Å². The SMILES string of the molecule is Cc1ccc2c(NCCCCCCCCNc3c4ccccc4nc4c(C)c(C)ccc34)c3ccccc3nc2c1C.Cl. The lowest BCUT2D eigenvalue weighted by Gasteiger charge is -2.15. The van der Waals surface area contributed by atoms with E-state index in [-0.39, 0.29) is 12.4 Å². The van der Waals surface area contributed by atoms with Crippen molar-refractivity contribution in [3.63, 3.8) is 0 Å². The molecule has 0 aliphatic carbocycles. The molecule has 2 N–H and O–H groups in total. The zero-order valence-electron chi connectivity index (χ0n) is 25.9. The average Bonchev–Trinajstić information content (AvgIpc) is 3.01. The van der Waals surface area contributed by atoms with Gasteiger partial charge in [0.1, 0.15) is 0 Å². The Hall–Kier alpha value is -3.89. The lowest BCUT2D eigenvalue weighted by molar-refractivity contribution is 0.610. The maximum Gasteiger partial charge on any atom is 0.0762 e. The molecule has 4 nitrogen and oxygen atoms in total. The van der Waals surface area contributed by atoms with Gasteiger partial charge in [-0.15, -0.1) is 12.4 Å². The molecule has 0 amide bonds. The Morgan fingerprint density at radius 3 is 1.30 bits per heavy atom. The molecule has 0 aliphatic rings. The van der Waals surface area contributed by atoms with E-state index in [1.807, 2.05) is 0 Å². The standard InChI is InChI=1S/C38H42N4.ClH/c1-25-19-21-31-35(27(25)3)41-33-17-11-9-15-29(33)37(31)39-23-13-7-5-6-8-14-24-40-38-30-16-10-12-18-34(30)42-36-28(4)26(2)20-22-32(36)38;/h9-12,15-22H,5-8,13-14,23-24H2,1-4H3,(H,39,41)(H,40,42);1H. The molecule has 2 aromatic heterocycles. The largest absolute Gasteiger partial charge is 0.384 e. The first-order valence-electron chi connectivity index (χ1n) is 15.6. The summed E-state index contributed by atoms with van der Waals surface area (Å²) in [4.78, 5) is 10.00. The van der Waals surface area contributed by atoms with Crippen LogP contribution in [0.1, 0.15) is 60.8 Å². The summed E-state index contributed by atoms with van der Waals surface area (Å²) in [5.41, 5.74) is 11.9. The molecule has 0 aliphatic heterocycles. The predicted octanol–water partition coefficient (Wildman–Crippen LogP) is 10.6. The van der Waals surface area contributed by atoms with Crippen molar-refractivity contribution < 1.29 is 0 Å². The fourth-order valence-electron chi connectivity index (χ4n) is 6.15. The Kier molecular flexibility index (Phi) is 9.67. The molecule has 6 rings (SSSR count). The molecule has 0 spiro atoms. The van der Waals surface area contributed by atoms with Gasteiger partial charge in [0.2, 0.25) is 0 Å². The summed E-state index contributed by atoms with van der Waals surface area (Å²) in [6.45, 7) is 10.7. The maximum atomic E-state index is 5.00. The van der Waals surface area contributed by atoms with E-state index in [1.54, 1.807) is 0 Å².